The summed E-state index contributed by atoms with van der Waals surface area (Å²) in [5.41, 5.74) is 7.75. The molecule has 20 heavy (non-hydrogen) atoms. The van der Waals surface area contributed by atoms with Crippen molar-refractivity contribution in [1.82, 2.24) is 4.90 Å². The van der Waals surface area contributed by atoms with Gasteiger partial charge in [-0.05, 0) is 77.0 Å². The zero-order valence-electron chi connectivity index (χ0n) is 12.8. The second kappa shape index (κ2) is 7.39. The Bertz CT molecular complexity index is 418. The second-order valence-corrected chi connectivity index (χ2v) is 8.99. The molecular weight excluding hydrogens is 332 g/mol. The molecule has 3 unspecified atom stereocenters. The molecule has 0 aromatic carbocycles. The largest absolute Gasteiger partial charge is 0.327 e. The summed E-state index contributed by atoms with van der Waals surface area (Å²) in [4.78, 5) is 2.43. The molecule has 1 aliphatic rings. The van der Waals surface area contributed by atoms with Crippen LogP contribution in [0.15, 0.2) is 15.2 Å². The van der Waals surface area contributed by atoms with Crippen molar-refractivity contribution in [2.45, 2.75) is 45.7 Å². The fraction of sp³-hybridized carbons (Fsp3) is 0.750. The molecule has 0 amide bonds. The maximum absolute atomic E-state index is 6.36. The van der Waals surface area contributed by atoms with Crippen molar-refractivity contribution in [2.75, 3.05) is 13.6 Å². The zero-order valence-corrected chi connectivity index (χ0v) is 15.2. The molecular formula is C16H27BrN2S. The van der Waals surface area contributed by atoms with Gasteiger partial charge in [0, 0.05) is 19.1 Å². The summed E-state index contributed by atoms with van der Waals surface area (Å²) < 4.78 is 1.22. The van der Waals surface area contributed by atoms with Crippen molar-refractivity contribution in [2.24, 2.45) is 23.5 Å². The first-order valence-electron chi connectivity index (χ1n) is 7.62. The molecule has 2 nitrogen and oxygen atoms in total. The van der Waals surface area contributed by atoms with E-state index in [1.807, 2.05) is 0 Å². The Morgan fingerprint density at radius 3 is 2.80 bits per heavy atom. The summed E-state index contributed by atoms with van der Waals surface area (Å²) in [6.07, 6.45) is 3.82. The van der Waals surface area contributed by atoms with E-state index < -0.39 is 0 Å². The lowest BCUT2D eigenvalue weighted by Gasteiger charge is -2.38. The van der Waals surface area contributed by atoms with Crippen LogP contribution in [-0.2, 0) is 6.54 Å². The van der Waals surface area contributed by atoms with Gasteiger partial charge in [0.2, 0.25) is 0 Å². The van der Waals surface area contributed by atoms with E-state index in [0.717, 1.165) is 24.9 Å². The number of rotatable bonds is 5. The van der Waals surface area contributed by atoms with Crippen LogP contribution < -0.4 is 5.73 Å². The van der Waals surface area contributed by atoms with Gasteiger partial charge < -0.3 is 10.6 Å². The van der Waals surface area contributed by atoms with E-state index >= 15 is 0 Å². The average Bonchev–Trinajstić information content (AvgIpc) is 2.77. The van der Waals surface area contributed by atoms with E-state index in [2.05, 4.69) is 53.2 Å². The Morgan fingerprint density at radius 2 is 2.20 bits per heavy atom. The molecule has 1 aliphatic carbocycles. The molecule has 2 rings (SSSR count). The van der Waals surface area contributed by atoms with Crippen LogP contribution in [-0.4, -0.2) is 24.5 Å². The summed E-state index contributed by atoms with van der Waals surface area (Å²) in [5, 5.41) is 2.23. The van der Waals surface area contributed by atoms with Crippen LogP contribution in [0.5, 0.6) is 0 Å². The molecule has 0 bridgehead atoms. The molecule has 1 heterocycles. The molecule has 0 aliphatic heterocycles. The fourth-order valence-corrected chi connectivity index (χ4v) is 4.54. The number of thiophene rings is 1. The summed E-state index contributed by atoms with van der Waals surface area (Å²) in [7, 11) is 2.22. The first kappa shape index (κ1) is 16.5. The Labute approximate surface area is 135 Å². The highest BCUT2D eigenvalue weighted by Crippen LogP contribution is 2.33. The van der Waals surface area contributed by atoms with E-state index in [4.69, 9.17) is 5.73 Å². The van der Waals surface area contributed by atoms with Crippen molar-refractivity contribution < 1.29 is 0 Å². The average molecular weight is 359 g/mol. The highest BCUT2D eigenvalue weighted by Gasteiger charge is 2.30. The van der Waals surface area contributed by atoms with Crippen molar-refractivity contribution >= 4 is 27.3 Å². The monoisotopic (exact) mass is 358 g/mol. The summed E-state index contributed by atoms with van der Waals surface area (Å²) in [5.74, 6) is 2.31. The number of hydrogen-bond donors (Lipinski definition) is 1. The normalized spacial score (nSPS) is 27.4. The molecule has 1 aromatic heterocycles. The molecule has 114 valence electrons. The van der Waals surface area contributed by atoms with Gasteiger partial charge >= 0.3 is 0 Å². The van der Waals surface area contributed by atoms with E-state index in [1.165, 1.54) is 28.6 Å². The van der Waals surface area contributed by atoms with Gasteiger partial charge in [0.1, 0.15) is 0 Å². The molecule has 1 fully saturated rings. The molecule has 0 spiro atoms. The highest BCUT2D eigenvalue weighted by molar-refractivity contribution is 9.11. The molecule has 1 aromatic rings. The Morgan fingerprint density at radius 1 is 1.45 bits per heavy atom. The Kier molecular flexibility index (Phi) is 6.09. The van der Waals surface area contributed by atoms with Crippen LogP contribution in [0.2, 0.25) is 0 Å². The van der Waals surface area contributed by atoms with Crippen molar-refractivity contribution in [3.63, 3.8) is 0 Å². The summed E-state index contributed by atoms with van der Waals surface area (Å²) in [6.45, 7) is 6.85. The van der Waals surface area contributed by atoms with Gasteiger partial charge in [-0.15, -0.1) is 11.3 Å². The maximum atomic E-state index is 6.36. The Balaban J connectivity index is 1.87. The van der Waals surface area contributed by atoms with Crippen LogP contribution in [0.25, 0.3) is 0 Å². The first-order chi connectivity index (χ1) is 9.45. The molecule has 2 N–H and O–H groups in total. The Hall–Kier alpha value is 0.100. The lowest BCUT2D eigenvalue weighted by Crippen LogP contribution is -2.42. The SMILES string of the molecule is CC(C)C1CCC(N)C(CN(C)Cc2csc(Br)c2)C1. The van der Waals surface area contributed by atoms with Crippen LogP contribution in [0.4, 0.5) is 0 Å². The van der Waals surface area contributed by atoms with Gasteiger partial charge in [0.15, 0.2) is 0 Å². The quantitative estimate of drug-likeness (QED) is 0.847. The first-order valence-corrected chi connectivity index (χ1v) is 9.30. The number of halogens is 1. The number of hydrogen-bond acceptors (Lipinski definition) is 3. The van der Waals surface area contributed by atoms with Gasteiger partial charge in [-0.25, -0.2) is 0 Å². The van der Waals surface area contributed by atoms with Crippen molar-refractivity contribution in [3.05, 3.63) is 20.8 Å². The van der Waals surface area contributed by atoms with Crippen LogP contribution in [0, 0.1) is 17.8 Å². The third-order valence-electron chi connectivity index (χ3n) is 4.65. The summed E-state index contributed by atoms with van der Waals surface area (Å²) in [6, 6.07) is 2.61. The third kappa shape index (κ3) is 4.55. The minimum Gasteiger partial charge on any atom is -0.327 e. The van der Waals surface area contributed by atoms with E-state index in [9.17, 15) is 0 Å². The minimum absolute atomic E-state index is 0.390. The molecule has 3 atom stereocenters. The lowest BCUT2D eigenvalue weighted by molar-refractivity contribution is 0.147. The van der Waals surface area contributed by atoms with Gasteiger partial charge in [-0.3, -0.25) is 0 Å². The van der Waals surface area contributed by atoms with Gasteiger partial charge in [-0.2, -0.15) is 0 Å². The predicted molar refractivity (Wildman–Crippen MR) is 92.0 cm³/mol. The maximum Gasteiger partial charge on any atom is 0.0701 e. The zero-order chi connectivity index (χ0) is 14.7. The van der Waals surface area contributed by atoms with Crippen LogP contribution in [0.3, 0.4) is 0 Å². The minimum atomic E-state index is 0.390. The summed E-state index contributed by atoms with van der Waals surface area (Å²) >= 11 is 5.30. The molecule has 0 saturated heterocycles. The molecule has 0 radical (unpaired) electrons. The van der Waals surface area contributed by atoms with Gasteiger partial charge in [0.05, 0.1) is 3.79 Å². The van der Waals surface area contributed by atoms with E-state index in [-0.39, 0.29) is 0 Å². The van der Waals surface area contributed by atoms with E-state index in [0.29, 0.717) is 12.0 Å². The van der Waals surface area contributed by atoms with Gasteiger partial charge in [-0.1, -0.05) is 13.8 Å². The lowest BCUT2D eigenvalue weighted by atomic mass is 9.74. The predicted octanol–water partition coefficient (Wildman–Crippen LogP) is 4.34. The van der Waals surface area contributed by atoms with Crippen molar-refractivity contribution in [1.29, 1.82) is 0 Å². The van der Waals surface area contributed by atoms with Crippen molar-refractivity contribution in [3.8, 4) is 0 Å². The standard InChI is InChI=1S/C16H27BrN2S/c1-11(2)13-4-5-15(18)14(7-13)9-19(3)8-12-6-16(17)20-10-12/h6,10-11,13-15H,4-5,7-9,18H2,1-3H3. The van der Waals surface area contributed by atoms with Crippen LogP contribution >= 0.6 is 27.3 Å². The highest BCUT2D eigenvalue weighted by atomic mass is 79.9. The van der Waals surface area contributed by atoms with E-state index in [1.54, 1.807) is 11.3 Å². The smallest absolute Gasteiger partial charge is 0.0701 e. The fourth-order valence-electron chi connectivity index (χ4n) is 3.34. The molecule has 1 saturated carbocycles. The topological polar surface area (TPSA) is 29.3 Å². The number of nitrogens with zero attached hydrogens (tertiary/aromatic N) is 1. The third-order valence-corrected chi connectivity index (χ3v) is 6.20. The number of nitrogens with two attached hydrogens (primary N) is 1. The second-order valence-electron chi connectivity index (χ2n) is 6.70. The van der Waals surface area contributed by atoms with Gasteiger partial charge in [0.25, 0.3) is 0 Å². The van der Waals surface area contributed by atoms with Crippen LogP contribution in [0.1, 0.15) is 38.7 Å². The molecule has 4 heteroatoms.